The first-order chi connectivity index (χ1) is 10.1. The van der Waals surface area contributed by atoms with Gasteiger partial charge in [-0.25, -0.2) is 0 Å². The molecule has 0 spiro atoms. The highest BCUT2D eigenvalue weighted by molar-refractivity contribution is 6.49. The molecule has 0 unspecified atom stereocenters. The molecule has 0 fully saturated rings. The van der Waals surface area contributed by atoms with E-state index in [-0.39, 0.29) is 33.4 Å². The number of ether oxygens (including phenoxy) is 1. The lowest BCUT2D eigenvalue weighted by molar-refractivity contribution is 0.0942. The van der Waals surface area contributed by atoms with Crippen molar-refractivity contribution < 1.29 is 19.4 Å². The van der Waals surface area contributed by atoms with Crippen molar-refractivity contribution >= 4 is 23.2 Å². The Kier molecular flexibility index (Phi) is 3.23. The Morgan fingerprint density at radius 2 is 1.43 bits per heavy atom. The molecule has 2 aromatic carbocycles. The molecule has 0 saturated carbocycles. The number of ketones is 2. The molecule has 0 radical (unpaired) electrons. The van der Waals surface area contributed by atoms with E-state index in [2.05, 4.69) is 0 Å². The molecule has 21 heavy (non-hydrogen) atoms. The smallest absolute Gasteiger partial charge is 0.230 e. The van der Waals surface area contributed by atoms with E-state index in [1.807, 2.05) is 0 Å². The summed E-state index contributed by atoms with van der Waals surface area (Å²) in [5.41, 5.74) is 0.481. The molecule has 0 atom stereocenters. The maximum atomic E-state index is 12.4. The van der Waals surface area contributed by atoms with Crippen molar-refractivity contribution in [3.05, 3.63) is 70.4 Å². The van der Waals surface area contributed by atoms with Gasteiger partial charge in [-0.3, -0.25) is 9.59 Å². The number of fused-ring (bicyclic) bond motifs is 1. The number of phenolic OH excluding ortho intramolecular Hbond substituents is 1. The standard InChI is InChI=1S/C16H9ClO4/c17-13-14(19)9-5-1-2-6-10(9)15(20)16(13)21-12-8-4-3-7-11(12)18/h1-8,18H. The van der Waals surface area contributed by atoms with Crippen molar-refractivity contribution in [3.8, 4) is 11.5 Å². The minimum absolute atomic E-state index is 0.0613. The number of phenols is 1. The van der Waals surface area contributed by atoms with Gasteiger partial charge in [-0.05, 0) is 12.1 Å². The second-order valence-electron chi connectivity index (χ2n) is 4.42. The van der Waals surface area contributed by atoms with Crippen LogP contribution in [0.4, 0.5) is 0 Å². The number of hydrogen-bond acceptors (Lipinski definition) is 4. The molecule has 3 rings (SSSR count). The Hall–Kier alpha value is -2.59. The molecule has 4 nitrogen and oxygen atoms in total. The maximum absolute atomic E-state index is 12.4. The second-order valence-corrected chi connectivity index (χ2v) is 4.79. The predicted molar refractivity (Wildman–Crippen MR) is 76.7 cm³/mol. The van der Waals surface area contributed by atoms with Crippen molar-refractivity contribution in [2.24, 2.45) is 0 Å². The van der Waals surface area contributed by atoms with Crippen molar-refractivity contribution in [2.45, 2.75) is 0 Å². The highest BCUT2D eigenvalue weighted by Crippen LogP contribution is 2.33. The third kappa shape index (κ3) is 2.19. The van der Waals surface area contributed by atoms with Gasteiger partial charge in [-0.1, -0.05) is 48.0 Å². The monoisotopic (exact) mass is 300 g/mol. The van der Waals surface area contributed by atoms with Gasteiger partial charge in [0, 0.05) is 11.1 Å². The summed E-state index contributed by atoms with van der Waals surface area (Å²) in [4.78, 5) is 24.6. The fraction of sp³-hybridized carbons (Fsp3) is 0. The Balaban J connectivity index is 2.07. The molecule has 0 saturated heterocycles. The van der Waals surface area contributed by atoms with Crippen LogP contribution in [0.25, 0.3) is 0 Å². The van der Waals surface area contributed by atoms with Crippen LogP contribution >= 0.6 is 11.6 Å². The molecule has 1 aliphatic carbocycles. The highest BCUT2D eigenvalue weighted by atomic mass is 35.5. The molecule has 0 bridgehead atoms. The van der Waals surface area contributed by atoms with E-state index in [0.717, 1.165) is 0 Å². The van der Waals surface area contributed by atoms with Crippen LogP contribution in [-0.4, -0.2) is 16.7 Å². The summed E-state index contributed by atoms with van der Waals surface area (Å²) >= 11 is 5.96. The molecule has 0 aliphatic heterocycles. The lowest BCUT2D eigenvalue weighted by atomic mass is 9.93. The van der Waals surface area contributed by atoms with Gasteiger partial charge in [0.25, 0.3) is 0 Å². The van der Waals surface area contributed by atoms with Gasteiger partial charge in [-0.15, -0.1) is 0 Å². The summed E-state index contributed by atoms with van der Waals surface area (Å²) in [6.45, 7) is 0. The van der Waals surface area contributed by atoms with Gasteiger partial charge in [0.05, 0.1) is 0 Å². The minimum atomic E-state index is -0.488. The van der Waals surface area contributed by atoms with Gasteiger partial charge >= 0.3 is 0 Å². The molecule has 5 heteroatoms. The van der Waals surface area contributed by atoms with E-state index in [0.29, 0.717) is 0 Å². The third-order valence-corrected chi connectivity index (χ3v) is 3.44. The largest absolute Gasteiger partial charge is 0.504 e. The Morgan fingerprint density at radius 3 is 2.10 bits per heavy atom. The zero-order valence-electron chi connectivity index (χ0n) is 10.7. The average Bonchev–Trinajstić information content (AvgIpc) is 2.51. The number of benzene rings is 2. The van der Waals surface area contributed by atoms with Crippen LogP contribution in [-0.2, 0) is 0 Å². The van der Waals surface area contributed by atoms with Crippen molar-refractivity contribution in [2.75, 3.05) is 0 Å². The number of carbonyl (C=O) groups is 2. The molecular formula is C16H9ClO4. The van der Waals surface area contributed by atoms with Crippen LogP contribution in [0.5, 0.6) is 11.5 Å². The van der Waals surface area contributed by atoms with Gasteiger partial charge in [0.2, 0.25) is 11.6 Å². The van der Waals surface area contributed by atoms with Crippen molar-refractivity contribution in [3.63, 3.8) is 0 Å². The first-order valence-electron chi connectivity index (χ1n) is 6.13. The second kappa shape index (κ2) is 5.07. The fourth-order valence-electron chi connectivity index (χ4n) is 2.07. The highest BCUT2D eigenvalue weighted by Gasteiger charge is 2.33. The van der Waals surface area contributed by atoms with E-state index in [4.69, 9.17) is 16.3 Å². The summed E-state index contributed by atoms with van der Waals surface area (Å²) < 4.78 is 5.37. The first kappa shape index (κ1) is 13.4. The summed E-state index contributed by atoms with van der Waals surface area (Å²) in [6, 6.07) is 12.5. The first-order valence-corrected chi connectivity index (χ1v) is 6.51. The molecule has 104 valence electrons. The fourth-order valence-corrected chi connectivity index (χ4v) is 2.29. The summed E-state index contributed by atoms with van der Waals surface area (Å²) in [5, 5.41) is 9.40. The summed E-state index contributed by atoms with van der Waals surface area (Å²) in [7, 11) is 0. The number of halogens is 1. The topological polar surface area (TPSA) is 63.6 Å². The van der Waals surface area contributed by atoms with Crippen LogP contribution in [0.3, 0.4) is 0 Å². The van der Waals surface area contributed by atoms with Crippen LogP contribution in [0.2, 0.25) is 0 Å². The van der Waals surface area contributed by atoms with Gasteiger partial charge in [0.15, 0.2) is 17.3 Å². The number of hydrogen-bond donors (Lipinski definition) is 1. The van der Waals surface area contributed by atoms with Crippen molar-refractivity contribution in [1.29, 1.82) is 0 Å². The molecule has 0 amide bonds. The molecule has 2 aromatic rings. The van der Waals surface area contributed by atoms with Crippen LogP contribution < -0.4 is 4.74 Å². The minimum Gasteiger partial charge on any atom is -0.504 e. The third-order valence-electron chi connectivity index (χ3n) is 3.10. The normalized spacial score (nSPS) is 14.1. The zero-order chi connectivity index (χ0) is 15.0. The average molecular weight is 301 g/mol. The summed E-state index contributed by atoms with van der Waals surface area (Å²) in [5.74, 6) is -1.32. The zero-order valence-corrected chi connectivity index (χ0v) is 11.4. The molecule has 1 N–H and O–H groups in total. The van der Waals surface area contributed by atoms with Gasteiger partial charge < -0.3 is 9.84 Å². The number of Topliss-reactive ketones (excluding diaryl/α,β-unsaturated/α-hetero) is 2. The van der Waals surface area contributed by atoms with E-state index in [1.54, 1.807) is 24.3 Å². The van der Waals surface area contributed by atoms with E-state index >= 15 is 0 Å². The quantitative estimate of drug-likeness (QED) is 0.924. The number of aromatic hydroxyl groups is 1. The molecular weight excluding hydrogens is 292 g/mol. The number of allylic oxidation sites excluding steroid dienone is 2. The van der Waals surface area contributed by atoms with Crippen LogP contribution in [0, 0.1) is 0 Å². The molecule has 0 aromatic heterocycles. The van der Waals surface area contributed by atoms with E-state index in [9.17, 15) is 14.7 Å². The van der Waals surface area contributed by atoms with Crippen molar-refractivity contribution in [1.82, 2.24) is 0 Å². The van der Waals surface area contributed by atoms with E-state index in [1.165, 1.54) is 24.3 Å². The molecule has 1 aliphatic rings. The maximum Gasteiger partial charge on any atom is 0.230 e. The predicted octanol–water partition coefficient (Wildman–Crippen LogP) is 3.30. The molecule has 0 heterocycles. The van der Waals surface area contributed by atoms with Crippen LogP contribution in [0.15, 0.2) is 59.3 Å². The Bertz CT molecular complexity index is 792. The Labute approximate surface area is 125 Å². The summed E-state index contributed by atoms with van der Waals surface area (Å²) in [6.07, 6.45) is 0. The van der Waals surface area contributed by atoms with E-state index < -0.39 is 11.6 Å². The SMILES string of the molecule is O=C1C(Cl)=C(Oc2ccccc2O)C(=O)c2ccccc21. The van der Waals surface area contributed by atoms with Crippen LogP contribution in [0.1, 0.15) is 20.7 Å². The van der Waals surface area contributed by atoms with Gasteiger partial charge in [-0.2, -0.15) is 0 Å². The number of rotatable bonds is 2. The lowest BCUT2D eigenvalue weighted by Crippen LogP contribution is -2.23. The number of carbonyl (C=O) groups excluding carboxylic acids is 2. The number of para-hydroxylation sites is 2. The Morgan fingerprint density at radius 1 is 0.857 bits per heavy atom. The van der Waals surface area contributed by atoms with Gasteiger partial charge in [0.1, 0.15) is 5.03 Å². The lowest BCUT2D eigenvalue weighted by Gasteiger charge is -2.18.